The van der Waals surface area contributed by atoms with Crippen LogP contribution in [0.1, 0.15) is 126 Å². The molecule has 9 rings (SSSR count). The molecular weight excluding hydrogens is 947 g/mol. The van der Waals surface area contributed by atoms with E-state index in [2.05, 4.69) is 29.4 Å². The summed E-state index contributed by atoms with van der Waals surface area (Å²) in [4.78, 5) is 80.2. The normalized spacial score (nSPS) is 30.4. The second-order valence-corrected chi connectivity index (χ2v) is 21.8. The third kappa shape index (κ3) is 10.9. The maximum Gasteiger partial charge on any atom is 0.315 e. The number of aliphatic hydroxyl groups excluding tert-OH is 2. The number of ketones is 2. The van der Waals surface area contributed by atoms with Gasteiger partial charge >= 0.3 is 11.8 Å². The predicted molar refractivity (Wildman–Crippen MR) is 276 cm³/mol. The molecule has 7 aliphatic rings. The number of carbonyl (C=O) groups excluding carboxylic acids is 5. The maximum atomic E-state index is 14.8. The number of nitrogens with zero attached hydrogens (tertiary/aromatic N) is 3. The Bertz CT molecular complexity index is 2680. The van der Waals surface area contributed by atoms with E-state index in [1.807, 2.05) is 37.3 Å². The van der Waals surface area contributed by atoms with Gasteiger partial charge in [-0.2, -0.15) is 0 Å². The van der Waals surface area contributed by atoms with Gasteiger partial charge in [-0.15, -0.1) is 0 Å². The minimum Gasteiger partial charge on any atom is -0.507 e. The lowest BCUT2D eigenvalue weighted by Crippen LogP contribution is -2.50. The van der Waals surface area contributed by atoms with Gasteiger partial charge in [0, 0.05) is 99.8 Å². The fourth-order valence-electron chi connectivity index (χ4n) is 11.2. The Morgan fingerprint density at radius 1 is 0.919 bits per heavy atom. The number of Topliss-reactive ketones (excluding diaryl/α,β-unsaturated/α-hetero) is 2. The molecule has 2 amide bonds. The van der Waals surface area contributed by atoms with Crippen molar-refractivity contribution in [3.63, 3.8) is 0 Å². The number of aliphatic hydroxyl groups is 2. The molecule has 0 radical (unpaired) electrons. The van der Waals surface area contributed by atoms with Crippen molar-refractivity contribution in [2.75, 3.05) is 32.7 Å². The lowest BCUT2D eigenvalue weighted by Gasteiger charge is -2.38. The van der Waals surface area contributed by atoms with Crippen molar-refractivity contribution >= 4 is 35.1 Å². The molecule has 8 atom stereocenters. The number of amides is 2. The van der Waals surface area contributed by atoms with E-state index in [4.69, 9.17) is 23.9 Å². The van der Waals surface area contributed by atoms with Crippen LogP contribution < -0.4 is 20.1 Å². The Labute approximate surface area is 433 Å². The standard InChI is InChI=1S/C57H73N5O12/c1-31(2)30-61-26-22-57(23-27-61)59-45-42-43-50(67)37(8)53-44(42)54(69)56(9,74-53)71-28-14-17-33(4)52(73-41(64)29-40(63)62-24-20-39(21-25-62)72-38-18-11-10-12-19-38)36(7)49(66)35(6)48(65)32(3)15-13-16-34(5)55(70)58-47(51(43)68)46(45)60-57/h10-16,18-19,28,31-33,35-36,39,48-49,52,60,65-67H,17,20-27,29-30H2,1-9H3,(H,58,70)/b15-13+,28-14+,34-16-/t32-,33+,35+,36+,48-,49+,52+,56-/m0/s1. The summed E-state index contributed by atoms with van der Waals surface area (Å²) in [5.41, 5.74) is -0.255. The van der Waals surface area contributed by atoms with Gasteiger partial charge in [-0.1, -0.05) is 78.0 Å². The van der Waals surface area contributed by atoms with Crippen molar-refractivity contribution in [2.24, 2.45) is 34.6 Å². The number of phenols is 1. The van der Waals surface area contributed by atoms with Gasteiger partial charge in [0.25, 0.3) is 11.7 Å². The summed E-state index contributed by atoms with van der Waals surface area (Å²) in [5.74, 6) is -6.73. The number of benzene rings is 2. The molecule has 2 fully saturated rings. The van der Waals surface area contributed by atoms with Crippen molar-refractivity contribution < 1.29 is 58.2 Å². The van der Waals surface area contributed by atoms with E-state index < -0.39 is 89.0 Å². The average molecular weight is 1020 g/mol. The molecule has 74 heavy (non-hydrogen) atoms. The number of phenolic OH excluding ortho intramolecular Hbond substituents is 1. The van der Waals surface area contributed by atoms with Crippen LogP contribution >= 0.6 is 0 Å². The number of rotatable bonds is 7. The van der Waals surface area contributed by atoms with Crippen molar-refractivity contribution in [1.29, 1.82) is 0 Å². The molecule has 17 nitrogen and oxygen atoms in total. The summed E-state index contributed by atoms with van der Waals surface area (Å²) >= 11 is 0. The van der Waals surface area contributed by atoms with E-state index >= 15 is 0 Å². The number of aliphatic imine (C=N–C) groups is 1. The molecule has 0 unspecified atom stereocenters. The first kappa shape index (κ1) is 54.0. The zero-order valence-electron chi connectivity index (χ0n) is 44.1. The Hall–Kier alpha value is -6.30. The summed E-state index contributed by atoms with van der Waals surface area (Å²) in [5, 5.41) is 41.7. The van der Waals surface area contributed by atoms with Crippen LogP contribution in [0.15, 0.2) is 82.9 Å². The molecule has 5 bridgehead atoms. The molecule has 5 N–H and O–H groups in total. The molecule has 1 spiro atoms. The van der Waals surface area contributed by atoms with Crippen LogP contribution in [-0.2, 0) is 23.9 Å². The van der Waals surface area contributed by atoms with E-state index in [0.29, 0.717) is 57.8 Å². The zero-order chi connectivity index (χ0) is 53.4. The molecule has 0 saturated carbocycles. The van der Waals surface area contributed by atoms with Gasteiger partial charge in [0.1, 0.15) is 47.2 Å². The van der Waals surface area contributed by atoms with Crippen LogP contribution in [-0.4, -0.2) is 129 Å². The first-order valence-corrected chi connectivity index (χ1v) is 26.2. The summed E-state index contributed by atoms with van der Waals surface area (Å²) in [6, 6.07) is 9.48. The van der Waals surface area contributed by atoms with Gasteiger partial charge in [0.15, 0.2) is 0 Å². The van der Waals surface area contributed by atoms with Gasteiger partial charge in [0.05, 0.1) is 41.0 Å². The molecule has 2 saturated heterocycles. The van der Waals surface area contributed by atoms with Gasteiger partial charge in [0.2, 0.25) is 11.7 Å². The number of para-hydroxylation sites is 1. The second-order valence-electron chi connectivity index (χ2n) is 21.8. The highest BCUT2D eigenvalue weighted by Crippen LogP contribution is 2.50. The highest BCUT2D eigenvalue weighted by Gasteiger charge is 2.54. The maximum absolute atomic E-state index is 14.8. The van der Waals surface area contributed by atoms with Gasteiger partial charge in [-0.05, 0) is 50.3 Å². The molecule has 2 aromatic carbocycles. The smallest absolute Gasteiger partial charge is 0.315 e. The van der Waals surface area contributed by atoms with Gasteiger partial charge in [-0.25, -0.2) is 0 Å². The number of esters is 1. The first-order chi connectivity index (χ1) is 35.1. The van der Waals surface area contributed by atoms with Crippen LogP contribution in [0.25, 0.3) is 0 Å². The Kier molecular flexibility index (Phi) is 16.0. The van der Waals surface area contributed by atoms with E-state index in [1.54, 1.807) is 56.9 Å². The van der Waals surface area contributed by atoms with E-state index in [0.717, 1.165) is 12.3 Å². The Balaban J connectivity index is 1.08. The minimum absolute atomic E-state index is 0.0148. The van der Waals surface area contributed by atoms with Crippen LogP contribution in [0.5, 0.6) is 17.2 Å². The average Bonchev–Trinajstić information content (AvgIpc) is 3.87. The summed E-state index contributed by atoms with van der Waals surface area (Å²) in [7, 11) is 0. The molecular formula is C57H73N5O12. The fraction of sp³-hybridized carbons (Fsp3) is 0.544. The van der Waals surface area contributed by atoms with Crippen molar-refractivity contribution in [3.05, 3.63) is 100 Å². The van der Waals surface area contributed by atoms with Crippen LogP contribution in [0.4, 0.5) is 0 Å². The number of hydrogen-bond acceptors (Lipinski definition) is 15. The number of allylic oxidation sites excluding steroid dienone is 5. The molecule has 6 heterocycles. The van der Waals surface area contributed by atoms with Gasteiger partial charge < -0.3 is 54.7 Å². The Morgan fingerprint density at radius 3 is 2.28 bits per heavy atom. The fourth-order valence-corrected chi connectivity index (χ4v) is 11.2. The monoisotopic (exact) mass is 1020 g/mol. The summed E-state index contributed by atoms with van der Waals surface area (Å²) in [6.45, 7) is 19.1. The zero-order valence-corrected chi connectivity index (χ0v) is 44.1. The number of carbonyl (C=O) groups is 5. The molecule has 6 aliphatic heterocycles. The summed E-state index contributed by atoms with van der Waals surface area (Å²) < 4.78 is 24.7. The SMILES string of the molecule is C/C1=C/C=C/[C@H](C)[C@H](O)[C@@H](C)[C@@H](O)[C@@H](C)[C@H](OC(=O)CC(=O)N2CCC(Oc3ccccc3)CC2)[C@H](C)C/C=C/O[C@@]2(C)Oc3c(C)c(O)c4c(c3C2=O)C2=NC3(CCN(CC(C)C)CC3)NC2=C(NC1=O)C4=O. The molecule has 398 valence electrons. The molecule has 0 aromatic heterocycles. The highest BCUT2D eigenvalue weighted by molar-refractivity contribution is 6.34. The van der Waals surface area contributed by atoms with Gasteiger partial charge in [-0.3, -0.25) is 29.0 Å². The number of fused-ring (bicyclic) bond motifs is 13. The van der Waals surface area contributed by atoms with Crippen molar-refractivity contribution in [1.82, 2.24) is 20.4 Å². The molecule has 2 aromatic rings. The summed E-state index contributed by atoms with van der Waals surface area (Å²) in [6.07, 6.45) is 6.57. The quantitative estimate of drug-likeness (QED) is 0.149. The highest BCUT2D eigenvalue weighted by atomic mass is 16.7. The second kappa shape index (κ2) is 21.9. The number of nitrogens with one attached hydrogen (secondary N) is 2. The largest absolute Gasteiger partial charge is 0.507 e. The minimum atomic E-state index is -1.97. The van der Waals surface area contributed by atoms with E-state index in [9.17, 15) is 39.3 Å². The number of piperidine rings is 2. The lowest BCUT2D eigenvalue weighted by molar-refractivity contribution is -0.162. The lowest BCUT2D eigenvalue weighted by atomic mass is 9.79. The first-order valence-electron chi connectivity index (χ1n) is 26.2. The van der Waals surface area contributed by atoms with Crippen molar-refractivity contribution in [2.45, 2.75) is 137 Å². The topological polar surface area (TPSA) is 226 Å². The van der Waals surface area contributed by atoms with Crippen LogP contribution in [0.2, 0.25) is 0 Å². The Morgan fingerprint density at radius 2 is 1.61 bits per heavy atom. The number of aromatic hydroxyl groups is 1. The van der Waals surface area contributed by atoms with Crippen molar-refractivity contribution in [3.8, 4) is 17.2 Å². The van der Waals surface area contributed by atoms with Crippen LogP contribution in [0.3, 0.4) is 0 Å². The molecule has 17 heteroatoms. The third-order valence-electron chi connectivity index (χ3n) is 15.7. The molecule has 1 aliphatic carbocycles. The van der Waals surface area contributed by atoms with Crippen LogP contribution in [0, 0.1) is 36.5 Å². The number of likely N-dealkylation sites (tertiary alicyclic amines) is 2. The predicted octanol–water partition coefficient (Wildman–Crippen LogP) is 6.43. The van der Waals surface area contributed by atoms with E-state index in [1.165, 1.54) is 20.1 Å². The third-order valence-corrected chi connectivity index (χ3v) is 15.7. The van der Waals surface area contributed by atoms with E-state index in [-0.39, 0.29) is 69.1 Å². The number of ether oxygens (including phenoxy) is 4. The number of hydrogen-bond donors (Lipinski definition) is 5.